The van der Waals surface area contributed by atoms with Gasteiger partial charge in [-0.15, -0.1) is 0 Å². The van der Waals surface area contributed by atoms with Gasteiger partial charge < -0.3 is 19.5 Å². The predicted molar refractivity (Wildman–Crippen MR) is 103 cm³/mol. The van der Waals surface area contributed by atoms with Gasteiger partial charge in [-0.05, 0) is 17.7 Å². The van der Waals surface area contributed by atoms with Crippen LogP contribution in [0.25, 0.3) is 10.9 Å². The number of ether oxygens (including phenoxy) is 1. The number of amides is 1. The van der Waals surface area contributed by atoms with E-state index in [0.717, 1.165) is 54.1 Å². The molecule has 0 saturated heterocycles. The standard InChI is InChI=1S/C20H23N5O2/c1-24(20(26)16-13-25-11-10-21-9-7-18(25)23-16)12-14-5-6-17(27-2)19-15(14)4-3-8-22-19/h3-6,8,13,21H,7,9-12H2,1-2H3. The molecule has 1 aromatic carbocycles. The van der Waals surface area contributed by atoms with Crippen LogP contribution in [-0.4, -0.2) is 52.6 Å². The summed E-state index contributed by atoms with van der Waals surface area (Å²) >= 11 is 0. The molecule has 0 unspecified atom stereocenters. The third-order valence-corrected chi connectivity index (χ3v) is 4.93. The third kappa shape index (κ3) is 3.38. The van der Waals surface area contributed by atoms with E-state index < -0.39 is 0 Å². The Bertz CT molecular complexity index is 958. The highest BCUT2D eigenvalue weighted by Gasteiger charge is 2.20. The average Bonchev–Trinajstić information content (AvgIpc) is 2.98. The zero-order valence-electron chi connectivity index (χ0n) is 15.6. The van der Waals surface area contributed by atoms with Gasteiger partial charge in [-0.3, -0.25) is 9.78 Å². The van der Waals surface area contributed by atoms with Gasteiger partial charge in [-0.1, -0.05) is 12.1 Å². The number of fused-ring (bicyclic) bond motifs is 2. The highest BCUT2D eigenvalue weighted by molar-refractivity contribution is 5.93. The Labute approximate surface area is 158 Å². The maximum absolute atomic E-state index is 12.9. The molecular weight excluding hydrogens is 342 g/mol. The van der Waals surface area contributed by atoms with Crippen molar-refractivity contribution >= 4 is 16.8 Å². The van der Waals surface area contributed by atoms with Crippen LogP contribution >= 0.6 is 0 Å². The van der Waals surface area contributed by atoms with Gasteiger partial charge in [0.05, 0.1) is 7.11 Å². The highest BCUT2D eigenvalue weighted by atomic mass is 16.5. The predicted octanol–water partition coefficient (Wildman–Crippen LogP) is 1.86. The first-order chi connectivity index (χ1) is 13.2. The topological polar surface area (TPSA) is 72.3 Å². The first-order valence-electron chi connectivity index (χ1n) is 9.10. The maximum atomic E-state index is 12.9. The largest absolute Gasteiger partial charge is 0.494 e. The molecule has 140 valence electrons. The van der Waals surface area contributed by atoms with Crippen molar-refractivity contribution in [2.75, 3.05) is 27.2 Å². The molecule has 0 aliphatic carbocycles. The van der Waals surface area contributed by atoms with Crippen molar-refractivity contribution in [3.05, 3.63) is 53.7 Å². The second-order valence-electron chi connectivity index (χ2n) is 6.72. The zero-order chi connectivity index (χ0) is 18.8. The lowest BCUT2D eigenvalue weighted by atomic mass is 10.1. The summed E-state index contributed by atoms with van der Waals surface area (Å²) in [6.07, 6.45) is 4.46. The minimum Gasteiger partial charge on any atom is -0.494 e. The third-order valence-electron chi connectivity index (χ3n) is 4.93. The fourth-order valence-corrected chi connectivity index (χ4v) is 3.51. The first-order valence-corrected chi connectivity index (χ1v) is 9.10. The van der Waals surface area contributed by atoms with Crippen LogP contribution in [0.2, 0.25) is 0 Å². The summed E-state index contributed by atoms with van der Waals surface area (Å²) in [5.41, 5.74) is 2.34. The average molecular weight is 365 g/mol. The van der Waals surface area contributed by atoms with E-state index in [-0.39, 0.29) is 5.91 Å². The number of carbonyl (C=O) groups excluding carboxylic acids is 1. The minimum absolute atomic E-state index is 0.0728. The molecule has 0 atom stereocenters. The Morgan fingerprint density at radius 1 is 1.33 bits per heavy atom. The quantitative estimate of drug-likeness (QED) is 0.764. The van der Waals surface area contributed by atoms with Crippen LogP contribution < -0.4 is 10.1 Å². The Morgan fingerprint density at radius 2 is 2.22 bits per heavy atom. The summed E-state index contributed by atoms with van der Waals surface area (Å²) in [6, 6.07) is 7.79. The van der Waals surface area contributed by atoms with E-state index >= 15 is 0 Å². The van der Waals surface area contributed by atoms with Crippen LogP contribution in [0.3, 0.4) is 0 Å². The van der Waals surface area contributed by atoms with Gasteiger partial charge in [0.25, 0.3) is 5.91 Å². The summed E-state index contributed by atoms with van der Waals surface area (Å²) < 4.78 is 7.48. The van der Waals surface area contributed by atoms with Crippen molar-refractivity contribution in [2.45, 2.75) is 19.5 Å². The second kappa shape index (κ2) is 7.36. The second-order valence-corrected chi connectivity index (χ2v) is 6.72. The molecule has 27 heavy (non-hydrogen) atoms. The van der Waals surface area contributed by atoms with Crippen molar-refractivity contribution in [1.29, 1.82) is 0 Å². The van der Waals surface area contributed by atoms with Crippen LogP contribution in [0.15, 0.2) is 36.7 Å². The molecule has 0 fully saturated rings. The van der Waals surface area contributed by atoms with Crippen LogP contribution in [-0.2, 0) is 19.5 Å². The van der Waals surface area contributed by atoms with E-state index in [1.165, 1.54) is 0 Å². The number of carbonyl (C=O) groups is 1. The summed E-state index contributed by atoms with van der Waals surface area (Å²) in [6.45, 7) is 3.12. The molecule has 3 aromatic rings. The smallest absolute Gasteiger partial charge is 0.274 e. The number of benzene rings is 1. The van der Waals surface area contributed by atoms with Crippen LogP contribution in [0.4, 0.5) is 0 Å². The highest BCUT2D eigenvalue weighted by Crippen LogP contribution is 2.27. The van der Waals surface area contributed by atoms with Gasteiger partial charge in [0.15, 0.2) is 0 Å². The molecule has 0 bridgehead atoms. The molecule has 7 heteroatoms. The molecule has 2 aromatic heterocycles. The van der Waals surface area contributed by atoms with Gasteiger partial charge in [-0.2, -0.15) is 0 Å². The van der Waals surface area contributed by atoms with Crippen LogP contribution in [0.1, 0.15) is 21.9 Å². The number of nitrogens with one attached hydrogen (secondary N) is 1. The lowest BCUT2D eigenvalue weighted by Crippen LogP contribution is -2.27. The molecule has 3 heterocycles. The molecule has 1 N–H and O–H groups in total. The normalized spacial score (nSPS) is 13.9. The monoisotopic (exact) mass is 365 g/mol. The number of methoxy groups -OCH3 is 1. The molecule has 7 nitrogen and oxygen atoms in total. The molecule has 1 aliphatic heterocycles. The van der Waals surface area contributed by atoms with E-state index in [2.05, 4.69) is 19.9 Å². The lowest BCUT2D eigenvalue weighted by molar-refractivity contribution is 0.0780. The minimum atomic E-state index is -0.0728. The molecule has 0 radical (unpaired) electrons. The molecule has 0 saturated carbocycles. The van der Waals surface area contributed by atoms with Crippen molar-refractivity contribution in [2.24, 2.45) is 0 Å². The number of aromatic nitrogens is 3. The summed E-state index contributed by atoms with van der Waals surface area (Å²) in [5.74, 6) is 1.63. The zero-order valence-corrected chi connectivity index (χ0v) is 15.6. The van der Waals surface area contributed by atoms with E-state index in [4.69, 9.17) is 4.74 Å². The van der Waals surface area contributed by atoms with E-state index in [1.807, 2.05) is 30.5 Å². The van der Waals surface area contributed by atoms with Gasteiger partial charge in [0.2, 0.25) is 0 Å². The number of nitrogens with zero attached hydrogens (tertiary/aromatic N) is 4. The Balaban J connectivity index is 1.58. The molecule has 1 amide bonds. The van der Waals surface area contributed by atoms with Crippen LogP contribution in [0.5, 0.6) is 5.75 Å². The summed E-state index contributed by atoms with van der Waals surface area (Å²) in [7, 11) is 3.44. The number of hydrogen-bond donors (Lipinski definition) is 1. The van der Waals surface area contributed by atoms with Gasteiger partial charge in [-0.25, -0.2) is 4.98 Å². The Hall–Kier alpha value is -2.93. The number of rotatable bonds is 4. The van der Waals surface area contributed by atoms with E-state index in [1.54, 1.807) is 25.3 Å². The summed E-state index contributed by atoms with van der Waals surface area (Å²) in [5, 5.41) is 4.33. The summed E-state index contributed by atoms with van der Waals surface area (Å²) in [4.78, 5) is 23.6. The molecule has 4 rings (SSSR count). The maximum Gasteiger partial charge on any atom is 0.274 e. The van der Waals surface area contributed by atoms with Gasteiger partial charge in [0.1, 0.15) is 22.8 Å². The molecular formula is C20H23N5O2. The van der Waals surface area contributed by atoms with Gasteiger partial charge >= 0.3 is 0 Å². The lowest BCUT2D eigenvalue weighted by Gasteiger charge is -2.18. The van der Waals surface area contributed by atoms with Crippen molar-refractivity contribution in [3.63, 3.8) is 0 Å². The SMILES string of the molecule is COc1ccc(CN(C)C(=O)c2cn3c(n2)CCNCC3)c2cccnc12. The Kier molecular flexibility index (Phi) is 4.77. The Morgan fingerprint density at radius 3 is 3.07 bits per heavy atom. The first kappa shape index (κ1) is 17.5. The number of imidazole rings is 1. The molecule has 0 spiro atoms. The van der Waals surface area contributed by atoms with Crippen molar-refractivity contribution in [1.82, 2.24) is 24.8 Å². The fourth-order valence-electron chi connectivity index (χ4n) is 3.51. The fraction of sp³-hybridized carbons (Fsp3) is 0.350. The van der Waals surface area contributed by atoms with E-state index in [0.29, 0.717) is 12.2 Å². The van der Waals surface area contributed by atoms with E-state index in [9.17, 15) is 4.79 Å². The van der Waals surface area contributed by atoms with Crippen LogP contribution in [0, 0.1) is 0 Å². The van der Waals surface area contributed by atoms with Crippen molar-refractivity contribution < 1.29 is 9.53 Å². The number of pyridine rings is 1. The van der Waals surface area contributed by atoms with Crippen molar-refractivity contribution in [3.8, 4) is 5.75 Å². The van der Waals surface area contributed by atoms with Gasteiger partial charge in [0, 0.05) is 57.4 Å². The molecule has 1 aliphatic rings. The number of hydrogen-bond acceptors (Lipinski definition) is 5.